The van der Waals surface area contributed by atoms with Crippen LogP contribution in [0.2, 0.25) is 0 Å². The van der Waals surface area contributed by atoms with Gasteiger partial charge in [0.25, 0.3) is 0 Å². The van der Waals surface area contributed by atoms with Crippen LogP contribution in [0.5, 0.6) is 0 Å². The standard InChI is InChI=1S/C14H20N2O3S/c1-9-4-2-3-5-10(9)8-15-14(19)16-12-11(13(17)18)6-7-20-12/h6-7,9-10H,2-5,8H2,1H3,(H,17,18)(H2,15,16,19). The van der Waals surface area contributed by atoms with E-state index in [1.807, 2.05) is 0 Å². The number of carbonyl (C=O) groups is 2. The van der Waals surface area contributed by atoms with E-state index in [0.717, 1.165) is 6.42 Å². The normalized spacial score (nSPS) is 22.2. The molecule has 6 heteroatoms. The summed E-state index contributed by atoms with van der Waals surface area (Å²) in [5.41, 5.74) is 0.135. The first-order valence-corrected chi connectivity index (χ1v) is 7.81. The van der Waals surface area contributed by atoms with E-state index >= 15 is 0 Å². The number of hydrogen-bond donors (Lipinski definition) is 3. The Morgan fingerprint density at radius 1 is 1.40 bits per heavy atom. The molecular weight excluding hydrogens is 276 g/mol. The molecule has 1 aromatic rings. The minimum absolute atomic E-state index is 0.135. The van der Waals surface area contributed by atoms with Crippen molar-refractivity contribution in [1.29, 1.82) is 0 Å². The highest BCUT2D eigenvalue weighted by molar-refractivity contribution is 7.14. The Bertz CT molecular complexity index is 487. The maximum atomic E-state index is 11.8. The van der Waals surface area contributed by atoms with Gasteiger partial charge in [-0.05, 0) is 29.7 Å². The van der Waals surface area contributed by atoms with Crippen LogP contribution in [-0.2, 0) is 0 Å². The van der Waals surface area contributed by atoms with Gasteiger partial charge in [-0.2, -0.15) is 0 Å². The lowest BCUT2D eigenvalue weighted by atomic mass is 9.80. The summed E-state index contributed by atoms with van der Waals surface area (Å²) in [5, 5.41) is 16.5. The Kier molecular flexibility index (Phi) is 5.00. The first-order chi connectivity index (χ1) is 9.58. The third-order valence-corrected chi connectivity index (χ3v) is 4.77. The molecule has 0 radical (unpaired) electrons. The number of urea groups is 1. The number of carbonyl (C=O) groups excluding carboxylic acids is 1. The van der Waals surface area contributed by atoms with Gasteiger partial charge in [0.2, 0.25) is 0 Å². The van der Waals surface area contributed by atoms with Crippen molar-refractivity contribution in [2.75, 3.05) is 11.9 Å². The summed E-state index contributed by atoms with van der Waals surface area (Å²) in [6.07, 6.45) is 4.89. The van der Waals surface area contributed by atoms with E-state index in [1.165, 1.54) is 36.7 Å². The van der Waals surface area contributed by atoms with E-state index in [4.69, 9.17) is 5.11 Å². The van der Waals surface area contributed by atoms with E-state index in [-0.39, 0.29) is 11.6 Å². The molecule has 20 heavy (non-hydrogen) atoms. The average Bonchev–Trinajstić information content (AvgIpc) is 2.86. The van der Waals surface area contributed by atoms with Crippen LogP contribution in [0.1, 0.15) is 43.0 Å². The highest BCUT2D eigenvalue weighted by Gasteiger charge is 2.22. The molecular formula is C14H20N2O3S. The quantitative estimate of drug-likeness (QED) is 0.797. The number of thiophene rings is 1. The van der Waals surface area contributed by atoms with Crippen LogP contribution in [-0.4, -0.2) is 23.7 Å². The van der Waals surface area contributed by atoms with Crippen LogP contribution in [0.4, 0.5) is 9.80 Å². The second-order valence-corrected chi connectivity index (χ2v) is 6.24. The number of amides is 2. The van der Waals surface area contributed by atoms with Gasteiger partial charge in [-0.1, -0.05) is 26.2 Å². The van der Waals surface area contributed by atoms with Crippen LogP contribution in [0.15, 0.2) is 11.4 Å². The number of aromatic carboxylic acids is 1. The molecule has 110 valence electrons. The summed E-state index contributed by atoms with van der Waals surface area (Å²) in [5.74, 6) is 0.139. The second-order valence-electron chi connectivity index (χ2n) is 5.33. The number of carboxylic acid groups (broad SMARTS) is 1. The van der Waals surface area contributed by atoms with Crippen molar-refractivity contribution >= 4 is 28.3 Å². The van der Waals surface area contributed by atoms with Gasteiger partial charge in [-0.15, -0.1) is 11.3 Å². The maximum absolute atomic E-state index is 11.8. The summed E-state index contributed by atoms with van der Waals surface area (Å²) in [7, 11) is 0. The minimum atomic E-state index is -1.03. The molecule has 1 aliphatic carbocycles. The van der Waals surface area contributed by atoms with E-state index in [9.17, 15) is 9.59 Å². The fourth-order valence-corrected chi connectivity index (χ4v) is 3.42. The topological polar surface area (TPSA) is 78.4 Å². The van der Waals surface area contributed by atoms with Crippen molar-refractivity contribution < 1.29 is 14.7 Å². The molecule has 2 unspecified atom stereocenters. The van der Waals surface area contributed by atoms with Crippen molar-refractivity contribution in [1.82, 2.24) is 5.32 Å². The largest absolute Gasteiger partial charge is 0.478 e. The van der Waals surface area contributed by atoms with Gasteiger partial charge in [0.15, 0.2) is 0 Å². The van der Waals surface area contributed by atoms with E-state index < -0.39 is 5.97 Å². The van der Waals surface area contributed by atoms with E-state index in [2.05, 4.69) is 17.6 Å². The summed E-state index contributed by atoms with van der Waals surface area (Å²) >= 11 is 1.22. The average molecular weight is 296 g/mol. The maximum Gasteiger partial charge on any atom is 0.338 e. The van der Waals surface area contributed by atoms with E-state index in [0.29, 0.717) is 23.4 Å². The Balaban J connectivity index is 1.83. The smallest absolute Gasteiger partial charge is 0.338 e. The molecule has 0 aliphatic heterocycles. The molecule has 2 rings (SSSR count). The van der Waals surface area contributed by atoms with Crippen LogP contribution in [0.25, 0.3) is 0 Å². The number of nitrogens with one attached hydrogen (secondary N) is 2. The third kappa shape index (κ3) is 3.72. The van der Waals surface area contributed by atoms with Gasteiger partial charge in [0, 0.05) is 6.54 Å². The van der Waals surface area contributed by atoms with Gasteiger partial charge in [-0.3, -0.25) is 5.32 Å². The Morgan fingerprint density at radius 3 is 2.85 bits per heavy atom. The first-order valence-electron chi connectivity index (χ1n) is 6.93. The number of carboxylic acids is 1. The zero-order valence-electron chi connectivity index (χ0n) is 11.5. The fraction of sp³-hybridized carbons (Fsp3) is 0.571. The summed E-state index contributed by atoms with van der Waals surface area (Å²) in [6.45, 7) is 2.88. The van der Waals surface area contributed by atoms with Crippen LogP contribution < -0.4 is 10.6 Å². The minimum Gasteiger partial charge on any atom is -0.478 e. The molecule has 5 nitrogen and oxygen atoms in total. The van der Waals surface area contributed by atoms with Gasteiger partial charge in [0.05, 0.1) is 5.56 Å². The van der Waals surface area contributed by atoms with Crippen LogP contribution in [0, 0.1) is 11.8 Å². The highest BCUT2D eigenvalue weighted by atomic mass is 32.1. The monoisotopic (exact) mass is 296 g/mol. The van der Waals surface area contributed by atoms with Gasteiger partial charge < -0.3 is 10.4 Å². The molecule has 1 saturated carbocycles. The van der Waals surface area contributed by atoms with Crippen molar-refractivity contribution in [3.63, 3.8) is 0 Å². The SMILES string of the molecule is CC1CCCCC1CNC(=O)Nc1sccc1C(=O)O. The van der Waals surface area contributed by atoms with Crippen molar-refractivity contribution in [2.45, 2.75) is 32.6 Å². The zero-order valence-corrected chi connectivity index (χ0v) is 12.3. The Labute approximate surface area is 122 Å². The Morgan fingerprint density at radius 2 is 2.15 bits per heavy atom. The molecule has 1 fully saturated rings. The summed E-state index contributed by atoms with van der Waals surface area (Å²) < 4.78 is 0. The van der Waals surface area contributed by atoms with Crippen LogP contribution in [0.3, 0.4) is 0 Å². The molecule has 1 heterocycles. The van der Waals surface area contributed by atoms with Crippen LogP contribution >= 0.6 is 11.3 Å². The van der Waals surface area contributed by atoms with Crippen molar-refractivity contribution in [3.05, 3.63) is 17.0 Å². The molecule has 2 atom stereocenters. The van der Waals surface area contributed by atoms with Crippen molar-refractivity contribution in [3.8, 4) is 0 Å². The molecule has 0 spiro atoms. The lowest BCUT2D eigenvalue weighted by Gasteiger charge is -2.28. The molecule has 0 saturated heterocycles. The lowest BCUT2D eigenvalue weighted by molar-refractivity contribution is 0.0698. The molecule has 1 aliphatic rings. The Hall–Kier alpha value is -1.56. The van der Waals surface area contributed by atoms with E-state index in [1.54, 1.807) is 5.38 Å². The third-order valence-electron chi connectivity index (χ3n) is 3.94. The number of anilines is 1. The van der Waals surface area contributed by atoms with Gasteiger partial charge in [0.1, 0.15) is 5.00 Å². The number of rotatable bonds is 4. The molecule has 2 amide bonds. The first kappa shape index (κ1) is 14.8. The molecule has 0 aromatic carbocycles. The summed E-state index contributed by atoms with van der Waals surface area (Å²) in [6, 6.07) is 1.17. The predicted octanol–water partition coefficient (Wildman–Crippen LogP) is 3.39. The highest BCUT2D eigenvalue weighted by Crippen LogP contribution is 2.29. The summed E-state index contributed by atoms with van der Waals surface area (Å²) in [4.78, 5) is 22.8. The predicted molar refractivity (Wildman–Crippen MR) is 79.4 cm³/mol. The molecule has 1 aromatic heterocycles. The molecule has 3 N–H and O–H groups in total. The molecule has 0 bridgehead atoms. The lowest BCUT2D eigenvalue weighted by Crippen LogP contribution is -2.36. The fourth-order valence-electron chi connectivity index (χ4n) is 2.64. The second kappa shape index (κ2) is 6.74. The zero-order chi connectivity index (χ0) is 14.5. The van der Waals surface area contributed by atoms with Crippen molar-refractivity contribution in [2.24, 2.45) is 11.8 Å². The number of hydrogen-bond acceptors (Lipinski definition) is 3. The van der Waals surface area contributed by atoms with Gasteiger partial charge in [-0.25, -0.2) is 9.59 Å². The van der Waals surface area contributed by atoms with Gasteiger partial charge >= 0.3 is 12.0 Å².